The molecule has 0 heterocycles. The molecule has 0 aromatic heterocycles. The third kappa shape index (κ3) is 2.03. The summed E-state index contributed by atoms with van der Waals surface area (Å²) >= 11 is 0. The molecule has 0 radical (unpaired) electrons. The van der Waals surface area contributed by atoms with Crippen molar-refractivity contribution in [2.24, 2.45) is 0 Å². The van der Waals surface area contributed by atoms with E-state index in [1.807, 2.05) is 12.1 Å². The Balaban J connectivity index is 1.76. The Morgan fingerprint density at radius 3 is 1.48 bits per heavy atom. The fourth-order valence-corrected chi connectivity index (χ4v) is 5.57. The van der Waals surface area contributed by atoms with Gasteiger partial charge in [0.1, 0.15) is 0 Å². The molecule has 0 saturated carbocycles. The third-order valence-electron chi connectivity index (χ3n) is 6.87. The number of hydrogen-bond acceptors (Lipinski definition) is 2. The van der Waals surface area contributed by atoms with Crippen molar-refractivity contribution in [3.63, 3.8) is 0 Å². The van der Waals surface area contributed by atoms with Crippen LogP contribution in [0.2, 0.25) is 0 Å². The van der Waals surface area contributed by atoms with E-state index in [2.05, 4.69) is 54.6 Å². The van der Waals surface area contributed by atoms with Gasteiger partial charge in [0.15, 0.2) is 5.78 Å². The summed E-state index contributed by atoms with van der Waals surface area (Å²) in [4.78, 5) is 24.1. The first-order chi connectivity index (χ1) is 15.1. The van der Waals surface area contributed by atoms with E-state index in [9.17, 15) is 9.59 Å². The second kappa shape index (κ2) is 5.58. The first-order valence-corrected chi connectivity index (χ1v) is 10.5. The van der Waals surface area contributed by atoms with Gasteiger partial charge in [0.2, 0.25) is 0 Å². The molecule has 7 rings (SSSR count). The van der Waals surface area contributed by atoms with Crippen LogP contribution in [0.25, 0.3) is 64.6 Å². The molecule has 0 aliphatic carbocycles. The lowest BCUT2D eigenvalue weighted by molar-refractivity contribution is -0.136. The summed E-state index contributed by atoms with van der Waals surface area (Å²) in [5.41, 5.74) is 0.619. The van der Waals surface area contributed by atoms with Crippen LogP contribution in [0, 0.1) is 0 Å². The largest absolute Gasteiger partial charge is 0.481 e. The predicted molar refractivity (Wildman–Crippen MR) is 126 cm³/mol. The highest BCUT2D eigenvalue weighted by Gasteiger charge is 2.23. The van der Waals surface area contributed by atoms with E-state index < -0.39 is 5.97 Å². The van der Waals surface area contributed by atoms with Crippen molar-refractivity contribution in [1.29, 1.82) is 0 Å². The summed E-state index contributed by atoms with van der Waals surface area (Å²) in [6.07, 6.45) is -0.149. The first kappa shape index (κ1) is 16.8. The Morgan fingerprint density at radius 2 is 0.968 bits per heavy atom. The summed E-state index contributed by atoms with van der Waals surface area (Å²) < 4.78 is 0. The van der Waals surface area contributed by atoms with Gasteiger partial charge in [-0.05, 0) is 70.7 Å². The van der Waals surface area contributed by atoms with E-state index in [-0.39, 0.29) is 18.6 Å². The van der Waals surface area contributed by atoms with Gasteiger partial charge in [0.05, 0.1) is 6.42 Å². The number of benzene rings is 7. The topological polar surface area (TPSA) is 54.4 Å². The van der Waals surface area contributed by atoms with Gasteiger partial charge < -0.3 is 5.11 Å². The van der Waals surface area contributed by atoms with Crippen molar-refractivity contribution in [2.75, 3.05) is 0 Å². The molecular formula is C28H16O3. The Bertz CT molecular complexity index is 1770. The van der Waals surface area contributed by atoms with Gasteiger partial charge in [-0.3, -0.25) is 9.59 Å². The lowest BCUT2D eigenvalue weighted by atomic mass is 9.81. The third-order valence-corrected chi connectivity index (χ3v) is 6.87. The fraction of sp³-hybridized carbons (Fsp3) is 0.0714. The van der Waals surface area contributed by atoms with Crippen LogP contribution < -0.4 is 0 Å². The maximum atomic E-state index is 13.1. The predicted octanol–water partition coefficient (Wildman–Crippen LogP) is 6.97. The molecule has 0 unspecified atom stereocenters. The van der Waals surface area contributed by atoms with Gasteiger partial charge in [0.25, 0.3) is 0 Å². The Kier molecular flexibility index (Phi) is 3.02. The van der Waals surface area contributed by atoms with Crippen molar-refractivity contribution >= 4 is 76.4 Å². The number of Topliss-reactive ketones (excluding diaryl/α,β-unsaturated/α-hetero) is 1. The number of carbonyl (C=O) groups excluding carboxylic acids is 1. The number of hydrogen-bond donors (Lipinski definition) is 1. The molecule has 0 aliphatic heterocycles. The first-order valence-electron chi connectivity index (χ1n) is 10.5. The minimum absolute atomic E-state index is 0.00654. The second-order valence-electron chi connectivity index (χ2n) is 8.48. The van der Waals surface area contributed by atoms with Crippen molar-refractivity contribution in [1.82, 2.24) is 0 Å². The maximum Gasteiger partial charge on any atom is 0.303 e. The Hall–Kier alpha value is -3.98. The lowest BCUT2D eigenvalue weighted by Gasteiger charge is -2.21. The number of carbonyl (C=O) groups is 2. The number of carboxylic acids is 1. The van der Waals surface area contributed by atoms with Crippen LogP contribution in [-0.4, -0.2) is 16.9 Å². The average Bonchev–Trinajstić information content (AvgIpc) is 2.80. The Labute approximate surface area is 176 Å². The molecule has 3 nitrogen and oxygen atoms in total. The van der Waals surface area contributed by atoms with Gasteiger partial charge >= 0.3 is 5.97 Å². The van der Waals surface area contributed by atoms with Gasteiger partial charge in [0, 0.05) is 12.0 Å². The van der Waals surface area contributed by atoms with Crippen molar-refractivity contribution < 1.29 is 14.7 Å². The smallest absolute Gasteiger partial charge is 0.303 e. The molecule has 0 atom stereocenters. The highest BCUT2D eigenvalue weighted by molar-refractivity contribution is 6.45. The molecular weight excluding hydrogens is 384 g/mol. The Morgan fingerprint density at radius 1 is 0.548 bits per heavy atom. The molecule has 1 N–H and O–H groups in total. The summed E-state index contributed by atoms with van der Waals surface area (Å²) in [6.45, 7) is 0. The van der Waals surface area contributed by atoms with E-state index in [1.165, 1.54) is 43.1 Å². The maximum absolute atomic E-state index is 13.1. The normalized spacial score (nSPS) is 12.5. The summed E-state index contributed by atoms with van der Waals surface area (Å²) in [7, 11) is 0. The molecule has 0 amide bonds. The monoisotopic (exact) mass is 400 g/mol. The fourth-order valence-electron chi connectivity index (χ4n) is 5.57. The highest BCUT2D eigenvalue weighted by atomic mass is 16.4. The van der Waals surface area contributed by atoms with Crippen molar-refractivity contribution in [3.05, 3.63) is 72.3 Å². The quantitative estimate of drug-likeness (QED) is 0.197. The number of rotatable bonds is 4. The van der Waals surface area contributed by atoms with Crippen LogP contribution in [0.3, 0.4) is 0 Å². The number of carboxylic acid groups (broad SMARTS) is 1. The minimum atomic E-state index is -0.950. The molecule has 7 aromatic rings. The van der Waals surface area contributed by atoms with Crippen LogP contribution in [0.1, 0.15) is 23.2 Å². The van der Waals surface area contributed by atoms with Crippen LogP contribution in [0.5, 0.6) is 0 Å². The van der Waals surface area contributed by atoms with Gasteiger partial charge in [-0.2, -0.15) is 0 Å². The zero-order chi connectivity index (χ0) is 20.9. The van der Waals surface area contributed by atoms with Crippen LogP contribution in [0.4, 0.5) is 0 Å². The lowest BCUT2D eigenvalue weighted by Crippen LogP contribution is -2.05. The second-order valence-corrected chi connectivity index (χ2v) is 8.48. The summed E-state index contributed by atoms with van der Waals surface area (Å²) in [5.74, 6) is -1.07. The standard InChI is InChI=1S/C28H16O3/c29-21(11-12-22(30)31)20-13-18-8-7-16-4-2-14-1-3-15-5-6-17-9-10-19(20)28-26(17)24(15)23(14)25(16)27(18)28/h1-10,13H,11-12H2,(H,30,31). The van der Waals surface area contributed by atoms with Crippen molar-refractivity contribution in [2.45, 2.75) is 12.8 Å². The van der Waals surface area contributed by atoms with E-state index in [0.717, 1.165) is 21.5 Å². The molecule has 0 spiro atoms. The zero-order valence-electron chi connectivity index (χ0n) is 16.5. The summed E-state index contributed by atoms with van der Waals surface area (Å²) in [6, 6.07) is 23.4. The van der Waals surface area contributed by atoms with Gasteiger partial charge in [-0.25, -0.2) is 0 Å². The average molecular weight is 400 g/mol. The van der Waals surface area contributed by atoms with E-state index in [0.29, 0.717) is 5.56 Å². The van der Waals surface area contributed by atoms with E-state index in [1.54, 1.807) is 0 Å². The minimum Gasteiger partial charge on any atom is -0.481 e. The summed E-state index contributed by atoms with van der Waals surface area (Å²) in [5, 5.41) is 23.1. The van der Waals surface area contributed by atoms with Gasteiger partial charge in [-0.1, -0.05) is 60.7 Å². The van der Waals surface area contributed by atoms with Crippen LogP contribution >= 0.6 is 0 Å². The SMILES string of the molecule is O=C(O)CCC(=O)c1cc2ccc3ccc4ccc5ccc6ccc1c1c6c5c4c3c21. The molecule has 146 valence electrons. The number of aliphatic carboxylic acids is 1. The molecule has 0 saturated heterocycles. The van der Waals surface area contributed by atoms with Crippen LogP contribution in [0.15, 0.2) is 66.7 Å². The molecule has 3 heteroatoms. The molecule has 0 aliphatic rings. The molecule has 0 fully saturated rings. The van der Waals surface area contributed by atoms with E-state index in [4.69, 9.17) is 5.11 Å². The molecule has 0 bridgehead atoms. The number of ketones is 1. The van der Waals surface area contributed by atoms with Gasteiger partial charge in [-0.15, -0.1) is 0 Å². The zero-order valence-corrected chi connectivity index (χ0v) is 16.5. The molecule has 31 heavy (non-hydrogen) atoms. The molecule has 7 aromatic carbocycles. The van der Waals surface area contributed by atoms with Crippen molar-refractivity contribution in [3.8, 4) is 0 Å². The van der Waals surface area contributed by atoms with E-state index >= 15 is 0 Å². The highest BCUT2D eigenvalue weighted by Crippen LogP contribution is 2.48. The van der Waals surface area contributed by atoms with Crippen LogP contribution in [-0.2, 0) is 4.79 Å².